The van der Waals surface area contributed by atoms with Crippen molar-refractivity contribution in [1.29, 1.82) is 0 Å². The number of oxime groups is 1. The van der Waals surface area contributed by atoms with E-state index in [0.717, 1.165) is 17.0 Å². The Morgan fingerprint density at radius 1 is 1.24 bits per heavy atom. The molecular weight excluding hydrogens is 371 g/mol. The van der Waals surface area contributed by atoms with Crippen LogP contribution in [0.1, 0.15) is 37.8 Å². The quantitative estimate of drug-likeness (QED) is 0.662. The number of ether oxygens (including phenoxy) is 1. The Kier molecular flexibility index (Phi) is 6.86. The highest BCUT2D eigenvalue weighted by Gasteiger charge is 2.28. The average Bonchev–Trinajstić information content (AvgIpc) is 3.17. The summed E-state index contributed by atoms with van der Waals surface area (Å²) < 4.78 is 19.6. The van der Waals surface area contributed by atoms with Gasteiger partial charge in [-0.2, -0.15) is 0 Å². The van der Waals surface area contributed by atoms with Gasteiger partial charge in [0.15, 0.2) is 6.10 Å². The molecule has 1 amide bonds. The monoisotopic (exact) mass is 398 g/mol. The fourth-order valence-corrected chi connectivity index (χ4v) is 3.38. The van der Waals surface area contributed by atoms with E-state index in [0.29, 0.717) is 24.9 Å². The molecule has 0 radical (unpaired) electrons. The number of halogens is 1. The summed E-state index contributed by atoms with van der Waals surface area (Å²) in [5.41, 5.74) is 2.16. The van der Waals surface area contributed by atoms with Crippen molar-refractivity contribution in [2.24, 2.45) is 11.1 Å². The number of amides is 1. The Bertz CT molecular complexity index is 882. The van der Waals surface area contributed by atoms with Crippen LogP contribution >= 0.6 is 0 Å². The highest BCUT2D eigenvalue weighted by atomic mass is 19.1. The van der Waals surface area contributed by atoms with Crippen LogP contribution in [-0.4, -0.2) is 36.3 Å². The van der Waals surface area contributed by atoms with Gasteiger partial charge in [-0.3, -0.25) is 4.79 Å². The number of methoxy groups -OCH3 is 1. The summed E-state index contributed by atoms with van der Waals surface area (Å²) in [4.78, 5) is 20.1. The zero-order valence-electron chi connectivity index (χ0n) is 17.1. The Hall–Kier alpha value is -2.89. The van der Waals surface area contributed by atoms with Crippen molar-refractivity contribution in [2.75, 3.05) is 13.7 Å². The van der Waals surface area contributed by atoms with Crippen molar-refractivity contribution < 1.29 is 18.8 Å². The Balaban J connectivity index is 1.71. The molecule has 0 N–H and O–H groups in total. The van der Waals surface area contributed by atoms with E-state index in [9.17, 15) is 9.18 Å². The van der Waals surface area contributed by atoms with Gasteiger partial charge in [0.2, 0.25) is 5.91 Å². The number of hydrogen-bond donors (Lipinski definition) is 0. The minimum absolute atomic E-state index is 0.0161. The second-order valence-corrected chi connectivity index (χ2v) is 7.63. The molecule has 1 aliphatic heterocycles. The third-order valence-corrected chi connectivity index (χ3v) is 4.83. The molecule has 0 unspecified atom stereocenters. The molecule has 0 fully saturated rings. The largest absolute Gasteiger partial charge is 0.496 e. The Morgan fingerprint density at radius 3 is 2.69 bits per heavy atom. The molecule has 154 valence electrons. The van der Waals surface area contributed by atoms with Gasteiger partial charge < -0.3 is 14.5 Å². The number of carbonyl (C=O) groups excluding carboxylic acids is 1. The van der Waals surface area contributed by atoms with Gasteiger partial charge in [-0.05, 0) is 24.1 Å². The fraction of sp³-hybridized carbons (Fsp3) is 0.391. The van der Waals surface area contributed by atoms with Crippen molar-refractivity contribution in [1.82, 2.24) is 4.90 Å². The molecule has 6 heteroatoms. The molecule has 0 saturated heterocycles. The van der Waals surface area contributed by atoms with Gasteiger partial charge in [0.25, 0.3) is 0 Å². The molecule has 1 aliphatic rings. The molecule has 3 rings (SSSR count). The highest BCUT2D eigenvalue weighted by Crippen LogP contribution is 2.25. The van der Waals surface area contributed by atoms with E-state index in [4.69, 9.17) is 9.57 Å². The molecule has 0 aliphatic carbocycles. The maximum Gasteiger partial charge on any atom is 0.223 e. The molecule has 1 atom stereocenters. The van der Waals surface area contributed by atoms with Crippen LogP contribution in [0, 0.1) is 11.7 Å². The van der Waals surface area contributed by atoms with Crippen molar-refractivity contribution in [3.63, 3.8) is 0 Å². The highest BCUT2D eigenvalue weighted by molar-refractivity contribution is 6.03. The summed E-state index contributed by atoms with van der Waals surface area (Å²) in [6.07, 6.45) is 0.683. The molecule has 0 spiro atoms. The Labute approximate surface area is 171 Å². The third-order valence-electron chi connectivity index (χ3n) is 4.83. The van der Waals surface area contributed by atoms with Crippen molar-refractivity contribution in [3.05, 3.63) is 65.5 Å². The van der Waals surface area contributed by atoms with Crippen molar-refractivity contribution in [2.45, 2.75) is 39.3 Å². The first kappa shape index (κ1) is 20.8. The smallest absolute Gasteiger partial charge is 0.223 e. The van der Waals surface area contributed by atoms with Crippen molar-refractivity contribution >= 4 is 11.6 Å². The lowest BCUT2D eigenvalue weighted by atomic mass is 10.0. The summed E-state index contributed by atoms with van der Waals surface area (Å²) in [7, 11) is 1.62. The SMILES string of the molecule is COc1ccccc1C1=NO[C@@H](CN(Cc2ccccc2F)C(=O)CC(C)C)C1. The van der Waals surface area contributed by atoms with Crippen LogP contribution in [0.15, 0.2) is 53.7 Å². The first-order valence-electron chi connectivity index (χ1n) is 9.85. The zero-order valence-corrected chi connectivity index (χ0v) is 17.1. The zero-order chi connectivity index (χ0) is 20.8. The molecule has 0 saturated carbocycles. The van der Waals surface area contributed by atoms with Crippen molar-refractivity contribution in [3.8, 4) is 5.75 Å². The first-order chi connectivity index (χ1) is 14.0. The van der Waals surface area contributed by atoms with Gasteiger partial charge in [0.05, 0.1) is 19.4 Å². The van der Waals surface area contributed by atoms with Gasteiger partial charge in [0, 0.05) is 30.5 Å². The molecule has 5 nitrogen and oxygen atoms in total. The topological polar surface area (TPSA) is 51.1 Å². The van der Waals surface area contributed by atoms with E-state index in [-0.39, 0.29) is 30.3 Å². The molecule has 2 aromatic carbocycles. The third kappa shape index (κ3) is 5.34. The lowest BCUT2D eigenvalue weighted by molar-refractivity contribution is -0.134. The Morgan fingerprint density at radius 2 is 1.97 bits per heavy atom. The minimum atomic E-state index is -0.312. The van der Waals surface area contributed by atoms with Crippen LogP contribution in [0.5, 0.6) is 5.75 Å². The van der Waals surface area contributed by atoms with E-state index in [1.165, 1.54) is 6.07 Å². The second-order valence-electron chi connectivity index (χ2n) is 7.63. The van der Waals surface area contributed by atoms with Crippen LogP contribution in [0.3, 0.4) is 0 Å². The summed E-state index contributed by atoms with van der Waals surface area (Å²) >= 11 is 0. The summed E-state index contributed by atoms with van der Waals surface area (Å²) in [6, 6.07) is 14.2. The van der Waals surface area contributed by atoms with Crippen LogP contribution < -0.4 is 4.74 Å². The summed E-state index contributed by atoms with van der Waals surface area (Å²) in [5.74, 6) is 0.621. The first-order valence-corrected chi connectivity index (χ1v) is 9.85. The maximum atomic E-state index is 14.2. The predicted molar refractivity (Wildman–Crippen MR) is 110 cm³/mol. The number of para-hydroxylation sites is 1. The van der Waals surface area contributed by atoms with Gasteiger partial charge in [-0.25, -0.2) is 4.39 Å². The van der Waals surface area contributed by atoms with E-state index in [1.54, 1.807) is 30.2 Å². The van der Waals surface area contributed by atoms with Crippen LogP contribution in [-0.2, 0) is 16.2 Å². The van der Waals surface area contributed by atoms with E-state index in [1.807, 2.05) is 38.1 Å². The van der Waals surface area contributed by atoms with E-state index >= 15 is 0 Å². The standard InChI is InChI=1S/C23H27FN2O3/c1-16(2)12-23(27)26(14-17-8-4-6-10-20(17)24)15-18-13-21(25-29-18)19-9-5-7-11-22(19)28-3/h4-11,16,18H,12-15H2,1-3H3/t18-/m1/s1. The molecule has 1 heterocycles. The lowest BCUT2D eigenvalue weighted by Gasteiger charge is -2.26. The molecular formula is C23H27FN2O3. The number of carbonyl (C=O) groups is 1. The summed E-state index contributed by atoms with van der Waals surface area (Å²) in [5, 5.41) is 4.22. The second kappa shape index (κ2) is 9.54. The maximum absolute atomic E-state index is 14.2. The van der Waals surface area contributed by atoms with Crippen LogP contribution in [0.4, 0.5) is 4.39 Å². The fourth-order valence-electron chi connectivity index (χ4n) is 3.38. The number of nitrogens with zero attached hydrogens (tertiary/aromatic N) is 2. The predicted octanol–water partition coefficient (Wildman–Crippen LogP) is 4.40. The number of benzene rings is 2. The molecule has 2 aromatic rings. The minimum Gasteiger partial charge on any atom is -0.496 e. The molecule has 0 bridgehead atoms. The van der Waals surface area contributed by atoms with Crippen LogP contribution in [0.2, 0.25) is 0 Å². The lowest BCUT2D eigenvalue weighted by Crippen LogP contribution is -2.38. The number of rotatable bonds is 8. The van der Waals surface area contributed by atoms with Gasteiger partial charge in [-0.1, -0.05) is 49.3 Å². The van der Waals surface area contributed by atoms with Gasteiger partial charge >= 0.3 is 0 Å². The van der Waals surface area contributed by atoms with E-state index < -0.39 is 0 Å². The normalized spacial score (nSPS) is 15.8. The molecule has 0 aromatic heterocycles. The number of hydrogen-bond acceptors (Lipinski definition) is 4. The van der Waals surface area contributed by atoms with Gasteiger partial charge in [0.1, 0.15) is 11.6 Å². The molecule has 29 heavy (non-hydrogen) atoms. The van der Waals surface area contributed by atoms with E-state index in [2.05, 4.69) is 5.16 Å². The summed E-state index contributed by atoms with van der Waals surface area (Å²) in [6.45, 7) is 4.55. The van der Waals surface area contributed by atoms with Gasteiger partial charge in [-0.15, -0.1) is 0 Å². The average molecular weight is 398 g/mol. The van der Waals surface area contributed by atoms with Crippen LogP contribution in [0.25, 0.3) is 0 Å².